The quantitative estimate of drug-likeness (QED) is 0.808. The van der Waals surface area contributed by atoms with E-state index in [0.29, 0.717) is 6.61 Å². The van der Waals surface area contributed by atoms with Gasteiger partial charge in [0.25, 0.3) is 0 Å². The zero-order valence-corrected chi connectivity index (χ0v) is 13.2. The lowest BCUT2D eigenvalue weighted by Gasteiger charge is -2.20. The van der Waals surface area contributed by atoms with Crippen LogP contribution in [0.5, 0.6) is 0 Å². The van der Waals surface area contributed by atoms with Gasteiger partial charge in [-0.25, -0.2) is 4.79 Å². The molecule has 0 radical (unpaired) electrons. The van der Waals surface area contributed by atoms with Crippen LogP contribution in [-0.4, -0.2) is 35.9 Å². The highest BCUT2D eigenvalue weighted by atomic mass is 16.6. The summed E-state index contributed by atoms with van der Waals surface area (Å²) in [5, 5.41) is 11.6. The Hall–Kier alpha value is -2.08. The fourth-order valence-corrected chi connectivity index (χ4v) is 1.63. The lowest BCUT2D eigenvalue weighted by molar-refractivity contribution is -0.143. The molecule has 0 spiro atoms. The molecule has 1 amide bonds. The summed E-state index contributed by atoms with van der Waals surface area (Å²) in [7, 11) is 0. The molecule has 0 aliphatic rings. The van der Waals surface area contributed by atoms with Gasteiger partial charge in [0.05, 0.1) is 19.1 Å². The van der Waals surface area contributed by atoms with Gasteiger partial charge in [0.15, 0.2) is 0 Å². The second kappa shape index (κ2) is 8.38. The number of alkyl carbamates (subject to hydrolysis) is 1. The predicted molar refractivity (Wildman–Crippen MR) is 81.5 cm³/mol. The molecule has 0 saturated carbocycles. The van der Waals surface area contributed by atoms with Crippen LogP contribution in [0, 0.1) is 5.92 Å². The minimum absolute atomic E-state index is 0.0139. The highest BCUT2D eigenvalue weighted by Crippen LogP contribution is 2.07. The van der Waals surface area contributed by atoms with E-state index in [1.165, 1.54) is 0 Å². The number of carbonyl (C=O) groups excluding carboxylic acids is 1. The first-order chi connectivity index (χ1) is 10.3. The predicted octanol–water partition coefficient (Wildman–Crippen LogP) is 2.43. The molecule has 1 aromatic carbocycles. The number of carbonyl (C=O) groups is 2. The van der Waals surface area contributed by atoms with Crippen molar-refractivity contribution in [1.29, 1.82) is 0 Å². The van der Waals surface area contributed by atoms with Crippen molar-refractivity contribution in [3.8, 4) is 0 Å². The van der Waals surface area contributed by atoms with Crippen LogP contribution in [0.2, 0.25) is 0 Å². The molecular formula is C16H23NO5. The van der Waals surface area contributed by atoms with E-state index in [2.05, 4.69) is 5.32 Å². The summed E-state index contributed by atoms with van der Waals surface area (Å²) >= 11 is 0. The molecule has 0 aliphatic carbocycles. The van der Waals surface area contributed by atoms with Gasteiger partial charge in [-0.3, -0.25) is 4.79 Å². The van der Waals surface area contributed by atoms with E-state index in [-0.39, 0.29) is 13.2 Å². The normalized spacial score (nSPS) is 12.5. The lowest BCUT2D eigenvalue weighted by Crippen LogP contribution is -2.38. The number of carboxylic acids is 1. The number of nitrogens with one attached hydrogen (secondary N) is 1. The average molecular weight is 309 g/mol. The zero-order chi connectivity index (χ0) is 16.6. The number of carboxylic acid groups (broad SMARTS) is 1. The highest BCUT2D eigenvalue weighted by molar-refractivity contribution is 5.72. The Morgan fingerprint density at radius 2 is 1.86 bits per heavy atom. The average Bonchev–Trinajstić information content (AvgIpc) is 2.41. The molecule has 2 N–H and O–H groups in total. The Kier molecular flexibility index (Phi) is 6.85. The van der Waals surface area contributed by atoms with E-state index in [9.17, 15) is 9.59 Å². The third-order valence-corrected chi connectivity index (χ3v) is 2.67. The summed E-state index contributed by atoms with van der Waals surface area (Å²) in [5.74, 6) is -1.85. The fourth-order valence-electron chi connectivity index (χ4n) is 1.63. The molecule has 0 unspecified atom stereocenters. The van der Waals surface area contributed by atoms with Crippen molar-refractivity contribution in [1.82, 2.24) is 5.32 Å². The first-order valence-corrected chi connectivity index (χ1v) is 7.09. The molecule has 22 heavy (non-hydrogen) atoms. The van der Waals surface area contributed by atoms with Crippen LogP contribution < -0.4 is 5.32 Å². The SMILES string of the molecule is CC(C)(C)OC(=O)NC[C@@H](COCc1ccccc1)C(=O)O. The minimum atomic E-state index is -1.02. The Bertz CT molecular complexity index is 481. The molecule has 0 heterocycles. The van der Waals surface area contributed by atoms with Gasteiger partial charge < -0.3 is 19.9 Å². The van der Waals surface area contributed by atoms with Gasteiger partial charge in [0, 0.05) is 6.54 Å². The Labute approximate surface area is 130 Å². The molecule has 122 valence electrons. The fraction of sp³-hybridized carbons (Fsp3) is 0.500. The number of amides is 1. The topological polar surface area (TPSA) is 84.9 Å². The molecule has 0 saturated heterocycles. The summed E-state index contributed by atoms with van der Waals surface area (Å²) in [4.78, 5) is 22.7. The van der Waals surface area contributed by atoms with Crippen molar-refractivity contribution in [2.24, 2.45) is 5.92 Å². The van der Waals surface area contributed by atoms with E-state index in [4.69, 9.17) is 14.6 Å². The number of aliphatic carboxylic acids is 1. The van der Waals surface area contributed by atoms with E-state index >= 15 is 0 Å². The summed E-state index contributed by atoms with van der Waals surface area (Å²) in [6, 6.07) is 9.46. The molecule has 0 bridgehead atoms. The van der Waals surface area contributed by atoms with Crippen LogP contribution in [0.3, 0.4) is 0 Å². The lowest BCUT2D eigenvalue weighted by atomic mass is 10.1. The van der Waals surface area contributed by atoms with Crippen molar-refractivity contribution < 1.29 is 24.2 Å². The molecule has 0 aromatic heterocycles. The van der Waals surface area contributed by atoms with Gasteiger partial charge in [-0.15, -0.1) is 0 Å². The van der Waals surface area contributed by atoms with Crippen LogP contribution in [-0.2, 0) is 20.9 Å². The van der Waals surface area contributed by atoms with Crippen molar-refractivity contribution in [2.45, 2.75) is 33.0 Å². The second-order valence-corrected chi connectivity index (χ2v) is 5.92. The third-order valence-electron chi connectivity index (χ3n) is 2.67. The van der Waals surface area contributed by atoms with Crippen LogP contribution in [0.4, 0.5) is 4.79 Å². The van der Waals surface area contributed by atoms with Gasteiger partial charge in [0.2, 0.25) is 0 Å². The number of hydrogen-bond donors (Lipinski definition) is 2. The largest absolute Gasteiger partial charge is 0.481 e. The molecule has 6 nitrogen and oxygen atoms in total. The maximum absolute atomic E-state index is 11.5. The van der Waals surface area contributed by atoms with Crippen LogP contribution in [0.1, 0.15) is 26.3 Å². The Balaban J connectivity index is 2.36. The first-order valence-electron chi connectivity index (χ1n) is 7.09. The Morgan fingerprint density at radius 1 is 1.23 bits per heavy atom. The van der Waals surface area contributed by atoms with E-state index < -0.39 is 23.6 Å². The maximum atomic E-state index is 11.5. The first kappa shape index (κ1) is 18.0. The van der Waals surface area contributed by atoms with Gasteiger partial charge in [-0.2, -0.15) is 0 Å². The molecule has 6 heteroatoms. The van der Waals surface area contributed by atoms with Crippen LogP contribution in [0.15, 0.2) is 30.3 Å². The minimum Gasteiger partial charge on any atom is -0.481 e. The Morgan fingerprint density at radius 3 is 2.41 bits per heavy atom. The number of benzene rings is 1. The maximum Gasteiger partial charge on any atom is 0.407 e. The molecule has 1 rings (SSSR count). The van der Waals surface area contributed by atoms with Crippen LogP contribution >= 0.6 is 0 Å². The number of hydrogen-bond acceptors (Lipinski definition) is 4. The molecule has 0 fully saturated rings. The van der Waals surface area contributed by atoms with Crippen molar-refractivity contribution in [2.75, 3.05) is 13.2 Å². The van der Waals surface area contributed by atoms with Gasteiger partial charge in [0.1, 0.15) is 5.60 Å². The highest BCUT2D eigenvalue weighted by Gasteiger charge is 2.21. The summed E-state index contributed by atoms with van der Waals surface area (Å²) < 4.78 is 10.5. The van der Waals surface area contributed by atoms with Gasteiger partial charge >= 0.3 is 12.1 Å². The summed E-state index contributed by atoms with van der Waals surface area (Å²) in [6.45, 7) is 5.52. The van der Waals surface area contributed by atoms with Gasteiger partial charge in [-0.1, -0.05) is 30.3 Å². The monoisotopic (exact) mass is 309 g/mol. The summed E-state index contributed by atoms with van der Waals surface area (Å²) in [6.07, 6.45) is -0.637. The summed E-state index contributed by atoms with van der Waals surface area (Å²) in [5.41, 5.74) is 0.346. The number of rotatable bonds is 7. The number of ether oxygens (including phenoxy) is 2. The molecule has 0 aliphatic heterocycles. The van der Waals surface area contributed by atoms with Crippen LogP contribution in [0.25, 0.3) is 0 Å². The van der Waals surface area contributed by atoms with E-state index in [0.717, 1.165) is 5.56 Å². The zero-order valence-electron chi connectivity index (χ0n) is 13.2. The smallest absolute Gasteiger partial charge is 0.407 e. The van der Waals surface area contributed by atoms with Gasteiger partial charge in [-0.05, 0) is 26.3 Å². The molecular weight excluding hydrogens is 286 g/mol. The van der Waals surface area contributed by atoms with Crippen molar-refractivity contribution >= 4 is 12.1 Å². The van der Waals surface area contributed by atoms with E-state index in [1.807, 2.05) is 30.3 Å². The van der Waals surface area contributed by atoms with Crippen molar-refractivity contribution in [3.63, 3.8) is 0 Å². The molecule has 1 atom stereocenters. The van der Waals surface area contributed by atoms with E-state index in [1.54, 1.807) is 20.8 Å². The van der Waals surface area contributed by atoms with Crippen molar-refractivity contribution in [3.05, 3.63) is 35.9 Å². The molecule has 1 aromatic rings. The standard InChI is InChI=1S/C16H23NO5/c1-16(2,3)22-15(20)17-9-13(14(18)19)11-21-10-12-7-5-4-6-8-12/h4-8,13H,9-11H2,1-3H3,(H,17,20)(H,18,19)/t13-/m0/s1. The second-order valence-electron chi connectivity index (χ2n) is 5.92. The third kappa shape index (κ3) is 7.64.